The summed E-state index contributed by atoms with van der Waals surface area (Å²) >= 11 is 0. The first-order valence-corrected chi connectivity index (χ1v) is 10.1. The molecule has 0 saturated heterocycles. The molecule has 0 aliphatic heterocycles. The molecule has 0 radical (unpaired) electrons. The topological polar surface area (TPSA) is 26.3 Å². The van der Waals surface area contributed by atoms with Crippen molar-refractivity contribution in [1.82, 2.24) is 0 Å². The molecule has 0 aromatic heterocycles. The van der Waals surface area contributed by atoms with Gasteiger partial charge >= 0.3 is 0 Å². The summed E-state index contributed by atoms with van der Waals surface area (Å²) in [4.78, 5) is 11.7. The van der Waals surface area contributed by atoms with Crippen molar-refractivity contribution < 1.29 is 9.32 Å². The lowest BCUT2D eigenvalue weighted by atomic mass is 9.52. The lowest BCUT2D eigenvalue weighted by molar-refractivity contribution is -0.112. The molecule has 2 fully saturated rings. The Bertz CT molecular complexity index is 738. The van der Waals surface area contributed by atoms with Gasteiger partial charge in [-0.05, 0) is 97.5 Å². The highest BCUT2D eigenvalue weighted by Crippen LogP contribution is 2.63. The number of hydrogen-bond donors (Lipinski definition) is 0. The van der Waals surface area contributed by atoms with Crippen molar-refractivity contribution in [3.8, 4) is 5.75 Å². The van der Waals surface area contributed by atoms with Crippen molar-refractivity contribution >= 4 is 15.2 Å². The second kappa shape index (κ2) is 6.23. The number of hydrogen-bond acceptors (Lipinski definition) is 2. The number of allylic oxidation sites excluding steroid dienone is 2. The molecule has 25 heavy (non-hydrogen) atoms. The first kappa shape index (κ1) is 17.3. The highest BCUT2D eigenvalue weighted by atomic mass is 31.0. The van der Waals surface area contributed by atoms with Gasteiger partial charge in [0.25, 0.3) is 0 Å². The van der Waals surface area contributed by atoms with E-state index < -0.39 is 0 Å². The van der Waals surface area contributed by atoms with E-state index in [9.17, 15) is 4.79 Å². The fourth-order valence-electron chi connectivity index (χ4n) is 6.36. The second-order valence-electron chi connectivity index (χ2n) is 8.73. The van der Waals surface area contributed by atoms with Crippen LogP contribution >= 0.6 is 9.47 Å². The van der Waals surface area contributed by atoms with Crippen molar-refractivity contribution in [3.63, 3.8) is 0 Å². The smallest absolute Gasteiger partial charge is 0.152 e. The van der Waals surface area contributed by atoms with Crippen LogP contribution in [0.3, 0.4) is 0 Å². The van der Waals surface area contributed by atoms with Gasteiger partial charge in [-0.15, -0.1) is 0 Å². The molecule has 1 aromatic rings. The number of carbonyl (C=O) groups excluding carboxylic acids is 1. The Labute approximate surface area is 153 Å². The van der Waals surface area contributed by atoms with E-state index in [1.165, 1.54) is 30.4 Å². The average molecular weight is 356 g/mol. The van der Waals surface area contributed by atoms with Gasteiger partial charge in [0.15, 0.2) is 5.78 Å². The second-order valence-corrected chi connectivity index (χ2v) is 8.96. The summed E-state index contributed by atoms with van der Waals surface area (Å²) in [5.74, 6) is 3.99. The van der Waals surface area contributed by atoms with E-state index in [4.69, 9.17) is 4.52 Å². The molecule has 6 unspecified atom stereocenters. The van der Waals surface area contributed by atoms with Gasteiger partial charge in [0.1, 0.15) is 5.75 Å². The number of carbonyl (C=O) groups is 1. The van der Waals surface area contributed by atoms with Crippen LogP contribution in [0.1, 0.15) is 63.5 Å². The SMILES string of the molecule is CC(=O)/C=C1\CCC2C3C(C)Cc4cc(OP)ccc4C3CCC12C. The van der Waals surface area contributed by atoms with Crippen molar-refractivity contribution in [2.75, 3.05) is 0 Å². The van der Waals surface area contributed by atoms with Crippen LogP contribution in [0.25, 0.3) is 0 Å². The number of fused-ring (bicyclic) bond motifs is 5. The fourth-order valence-corrected chi connectivity index (χ4v) is 6.51. The predicted octanol–water partition coefficient (Wildman–Crippen LogP) is 5.47. The van der Waals surface area contributed by atoms with Crippen molar-refractivity contribution in [2.24, 2.45) is 23.2 Å². The molecule has 3 heteroatoms. The summed E-state index contributed by atoms with van der Waals surface area (Å²) in [6.07, 6.45) is 7.92. The maximum Gasteiger partial charge on any atom is 0.152 e. The van der Waals surface area contributed by atoms with Gasteiger partial charge in [0.2, 0.25) is 0 Å². The predicted molar refractivity (Wildman–Crippen MR) is 105 cm³/mol. The van der Waals surface area contributed by atoms with Gasteiger partial charge in [0.05, 0.1) is 9.47 Å². The summed E-state index contributed by atoms with van der Waals surface area (Å²) in [7, 11) is 2.35. The number of ketones is 1. The Kier molecular flexibility index (Phi) is 4.31. The Hall–Kier alpha value is -1.14. The van der Waals surface area contributed by atoms with Crippen LogP contribution < -0.4 is 4.52 Å². The molecule has 4 rings (SSSR count). The lowest BCUT2D eigenvalue weighted by Gasteiger charge is -2.52. The number of rotatable bonds is 2. The Morgan fingerprint density at radius 2 is 2.16 bits per heavy atom. The minimum Gasteiger partial charge on any atom is -0.480 e. The molecule has 0 bridgehead atoms. The molecule has 2 nitrogen and oxygen atoms in total. The van der Waals surface area contributed by atoms with Crippen molar-refractivity contribution in [3.05, 3.63) is 41.0 Å². The van der Waals surface area contributed by atoms with Gasteiger partial charge < -0.3 is 4.52 Å². The van der Waals surface area contributed by atoms with Crippen LogP contribution in [0.15, 0.2) is 29.8 Å². The zero-order valence-electron chi connectivity index (χ0n) is 15.5. The van der Waals surface area contributed by atoms with E-state index in [0.717, 1.165) is 30.4 Å². The van der Waals surface area contributed by atoms with Gasteiger partial charge in [-0.1, -0.05) is 25.5 Å². The summed E-state index contributed by atoms with van der Waals surface area (Å²) in [6.45, 7) is 6.57. The largest absolute Gasteiger partial charge is 0.480 e. The fraction of sp³-hybridized carbons (Fsp3) is 0.591. The van der Waals surface area contributed by atoms with Crippen LogP contribution in [0, 0.1) is 23.2 Å². The Morgan fingerprint density at radius 1 is 1.36 bits per heavy atom. The van der Waals surface area contributed by atoms with E-state index in [1.807, 2.05) is 6.08 Å². The molecule has 134 valence electrons. The molecule has 3 aliphatic rings. The zero-order chi connectivity index (χ0) is 17.8. The Morgan fingerprint density at radius 3 is 2.88 bits per heavy atom. The molecular formula is C22H29O2P. The third-order valence-electron chi connectivity index (χ3n) is 7.41. The standard InChI is InChI=1S/C22H29O2P/c1-13-10-15-12-17(24-25)5-6-18(15)19-8-9-22(3)16(11-14(2)23)4-7-20(22)21(13)19/h5-6,11-13,19-21H,4,7-10,25H2,1-3H3/b16-11+. The highest BCUT2D eigenvalue weighted by Gasteiger charge is 2.54. The zero-order valence-corrected chi connectivity index (χ0v) is 16.7. The molecule has 3 aliphatic carbocycles. The third kappa shape index (κ3) is 2.69. The van der Waals surface area contributed by atoms with Gasteiger partial charge in [-0.3, -0.25) is 4.79 Å². The Balaban J connectivity index is 1.71. The summed E-state index contributed by atoms with van der Waals surface area (Å²) in [6, 6.07) is 6.66. The molecule has 1 aromatic carbocycles. The molecule has 0 N–H and O–H groups in total. The van der Waals surface area contributed by atoms with Crippen LogP contribution in [-0.4, -0.2) is 5.78 Å². The normalized spacial score (nSPS) is 38.0. The van der Waals surface area contributed by atoms with Gasteiger partial charge in [-0.25, -0.2) is 0 Å². The van der Waals surface area contributed by atoms with Crippen LogP contribution in [-0.2, 0) is 11.2 Å². The van der Waals surface area contributed by atoms with Gasteiger partial charge in [0, 0.05) is 0 Å². The molecule has 6 atom stereocenters. The third-order valence-corrected chi connectivity index (χ3v) is 7.68. The minimum absolute atomic E-state index is 0.214. The summed E-state index contributed by atoms with van der Waals surface area (Å²) in [5.41, 5.74) is 4.70. The van der Waals surface area contributed by atoms with E-state index in [1.54, 1.807) is 12.5 Å². The summed E-state index contributed by atoms with van der Waals surface area (Å²) in [5, 5.41) is 0. The van der Waals surface area contributed by atoms with Crippen molar-refractivity contribution in [2.45, 2.75) is 58.8 Å². The van der Waals surface area contributed by atoms with E-state index in [2.05, 4.69) is 41.5 Å². The summed E-state index contributed by atoms with van der Waals surface area (Å²) < 4.78 is 5.37. The maximum absolute atomic E-state index is 11.7. The first-order chi connectivity index (χ1) is 11.9. The molecule has 0 spiro atoms. The van der Waals surface area contributed by atoms with Crippen molar-refractivity contribution in [1.29, 1.82) is 0 Å². The van der Waals surface area contributed by atoms with E-state index in [0.29, 0.717) is 11.8 Å². The van der Waals surface area contributed by atoms with Gasteiger partial charge in [-0.2, -0.15) is 0 Å². The molecular weight excluding hydrogens is 327 g/mol. The average Bonchev–Trinajstić information content (AvgIpc) is 2.90. The highest BCUT2D eigenvalue weighted by molar-refractivity contribution is 7.10. The molecule has 0 heterocycles. The molecule has 2 saturated carbocycles. The first-order valence-electron chi connectivity index (χ1n) is 9.65. The van der Waals surface area contributed by atoms with Crippen LogP contribution in [0.2, 0.25) is 0 Å². The van der Waals surface area contributed by atoms with Crippen LogP contribution in [0.4, 0.5) is 0 Å². The monoisotopic (exact) mass is 356 g/mol. The van der Waals surface area contributed by atoms with Crippen LogP contribution in [0.5, 0.6) is 5.75 Å². The molecule has 0 amide bonds. The number of benzene rings is 1. The quantitative estimate of drug-likeness (QED) is 0.518. The van der Waals surface area contributed by atoms with E-state index in [-0.39, 0.29) is 11.2 Å². The minimum atomic E-state index is 0.214. The lowest BCUT2D eigenvalue weighted by Crippen LogP contribution is -2.43. The maximum atomic E-state index is 11.7. The van der Waals surface area contributed by atoms with E-state index >= 15 is 0 Å².